The smallest absolute Gasteiger partial charge is 0.363 e. The lowest BCUT2D eigenvalue weighted by molar-refractivity contribution is -0.129. The number of ether oxygens (including phenoxy) is 1. The fourth-order valence-corrected chi connectivity index (χ4v) is 2.78. The van der Waals surface area contributed by atoms with Crippen LogP contribution in [0.3, 0.4) is 0 Å². The lowest BCUT2D eigenvalue weighted by Gasteiger charge is -2.00. The van der Waals surface area contributed by atoms with Crippen molar-refractivity contribution < 1.29 is 9.53 Å². The minimum absolute atomic E-state index is 0.170. The van der Waals surface area contributed by atoms with Crippen LogP contribution in [0.1, 0.15) is 11.1 Å². The first-order valence-electron chi connectivity index (χ1n) is 6.27. The normalized spacial score (nSPS) is 15.9. The van der Waals surface area contributed by atoms with Gasteiger partial charge in [-0.3, -0.25) is 0 Å². The Hall–Kier alpha value is -1.37. The van der Waals surface area contributed by atoms with Crippen LogP contribution in [-0.2, 0) is 9.53 Å². The van der Waals surface area contributed by atoms with Crippen molar-refractivity contribution in [1.29, 1.82) is 0 Å². The molecule has 0 unspecified atom stereocenters. The predicted octanol–water partition coefficient (Wildman–Crippen LogP) is 4.94. The number of hydrogen-bond donors (Lipinski definition) is 0. The molecule has 2 aromatic carbocycles. The molecule has 110 valence electrons. The molecule has 1 heterocycles. The van der Waals surface area contributed by atoms with Gasteiger partial charge in [0, 0.05) is 24.7 Å². The largest absolute Gasteiger partial charge is 0.402 e. The molecule has 0 aliphatic carbocycles. The molecule has 0 amide bonds. The summed E-state index contributed by atoms with van der Waals surface area (Å²) in [5.74, 6) is -0.250. The topological polar surface area (TPSA) is 38.7 Å². The van der Waals surface area contributed by atoms with Crippen LogP contribution < -0.4 is 0 Å². The molecule has 0 bridgehead atoms. The fraction of sp³-hybridized carbons (Fsp3) is 0. The maximum absolute atomic E-state index is 12.0. The molecule has 2 aromatic rings. The van der Waals surface area contributed by atoms with Gasteiger partial charge in [0.1, 0.15) is 0 Å². The number of nitrogens with zero attached hydrogens (tertiary/aromatic N) is 1. The van der Waals surface area contributed by atoms with Gasteiger partial charge in [-0.25, -0.2) is 9.79 Å². The van der Waals surface area contributed by atoms with E-state index in [0.29, 0.717) is 15.6 Å². The van der Waals surface area contributed by atoms with Gasteiger partial charge >= 0.3 is 5.97 Å². The summed E-state index contributed by atoms with van der Waals surface area (Å²) in [6, 6.07) is 12.7. The highest BCUT2D eigenvalue weighted by Crippen LogP contribution is 2.28. The molecule has 0 fully saturated rings. The van der Waals surface area contributed by atoms with Crippen molar-refractivity contribution in [3.05, 3.63) is 72.9 Å². The lowest BCUT2D eigenvalue weighted by Crippen LogP contribution is -2.05. The van der Waals surface area contributed by atoms with Gasteiger partial charge < -0.3 is 4.74 Å². The number of halogens is 3. The van der Waals surface area contributed by atoms with E-state index in [1.807, 2.05) is 24.3 Å². The molecule has 0 saturated heterocycles. The minimum atomic E-state index is -0.524. The van der Waals surface area contributed by atoms with Gasteiger partial charge in [0.15, 0.2) is 5.70 Å². The Morgan fingerprint density at radius 1 is 1.05 bits per heavy atom. The van der Waals surface area contributed by atoms with Crippen LogP contribution in [-0.4, -0.2) is 11.9 Å². The summed E-state index contributed by atoms with van der Waals surface area (Å²) in [5.41, 5.74) is 1.45. The molecule has 1 aliphatic rings. The number of carbonyl (C=O) groups is 1. The first-order chi connectivity index (χ1) is 10.5. The molecule has 0 saturated carbocycles. The third-order valence-electron chi connectivity index (χ3n) is 2.99. The van der Waals surface area contributed by atoms with Crippen molar-refractivity contribution in [2.45, 2.75) is 0 Å². The summed E-state index contributed by atoms with van der Waals surface area (Å²) in [6.45, 7) is 0. The Kier molecular flexibility index (Phi) is 4.52. The number of esters is 1. The van der Waals surface area contributed by atoms with E-state index in [4.69, 9.17) is 27.9 Å². The summed E-state index contributed by atoms with van der Waals surface area (Å²) in [5, 5.41) is 0.899. The van der Waals surface area contributed by atoms with Gasteiger partial charge in [-0.05, 0) is 65.1 Å². The fourth-order valence-electron chi connectivity index (χ4n) is 1.91. The maximum atomic E-state index is 12.0. The van der Waals surface area contributed by atoms with Crippen molar-refractivity contribution >= 4 is 63.7 Å². The van der Waals surface area contributed by atoms with Crippen LogP contribution in [0, 0.1) is 3.57 Å². The zero-order valence-electron chi connectivity index (χ0n) is 11.0. The van der Waals surface area contributed by atoms with Gasteiger partial charge in [-0.2, -0.15) is 0 Å². The van der Waals surface area contributed by atoms with Crippen molar-refractivity contribution in [2.75, 3.05) is 0 Å². The van der Waals surface area contributed by atoms with Crippen LogP contribution in [0.4, 0.5) is 0 Å². The number of aliphatic imine (C=N–C) groups is 1. The third-order valence-corrected chi connectivity index (χ3v) is 4.37. The maximum Gasteiger partial charge on any atom is 0.363 e. The van der Waals surface area contributed by atoms with Crippen LogP contribution in [0.5, 0.6) is 0 Å². The zero-order chi connectivity index (χ0) is 15.7. The van der Waals surface area contributed by atoms with Crippen molar-refractivity contribution in [1.82, 2.24) is 0 Å². The monoisotopic (exact) mass is 443 g/mol. The molecular formula is C16H8Cl2INO2. The Morgan fingerprint density at radius 3 is 2.32 bits per heavy atom. The van der Waals surface area contributed by atoms with Gasteiger partial charge in [-0.1, -0.05) is 29.3 Å². The summed E-state index contributed by atoms with van der Waals surface area (Å²) < 4.78 is 6.29. The third kappa shape index (κ3) is 3.19. The van der Waals surface area contributed by atoms with Gasteiger partial charge in [0.2, 0.25) is 5.90 Å². The van der Waals surface area contributed by atoms with E-state index < -0.39 is 5.97 Å². The highest BCUT2D eigenvalue weighted by Gasteiger charge is 2.24. The predicted molar refractivity (Wildman–Crippen MR) is 96.2 cm³/mol. The number of carbonyl (C=O) groups excluding carboxylic acids is 1. The highest BCUT2D eigenvalue weighted by atomic mass is 127. The summed E-state index contributed by atoms with van der Waals surface area (Å²) in [6.07, 6.45) is 1.53. The second-order valence-corrected chi connectivity index (χ2v) is 6.54. The number of cyclic esters (lactones) is 1. The van der Waals surface area contributed by atoms with Crippen molar-refractivity contribution in [2.24, 2.45) is 4.99 Å². The Bertz CT molecular complexity index is 793. The Balaban J connectivity index is 1.99. The standard InChI is InChI=1S/C16H8Cl2INO2/c17-12-2-1-3-13(18)11(12)8-14-16(21)22-15(20-14)9-4-6-10(19)7-5-9/h1-8H/b14-8-. The quantitative estimate of drug-likeness (QED) is 0.374. The van der Waals surface area contributed by atoms with E-state index in [0.717, 1.165) is 9.13 Å². The molecule has 1 aliphatic heterocycles. The van der Waals surface area contributed by atoms with Gasteiger partial charge in [0.05, 0.1) is 0 Å². The van der Waals surface area contributed by atoms with E-state index in [-0.39, 0.29) is 11.6 Å². The zero-order valence-corrected chi connectivity index (χ0v) is 14.7. The minimum Gasteiger partial charge on any atom is -0.402 e. The second-order valence-electron chi connectivity index (χ2n) is 4.48. The lowest BCUT2D eigenvalue weighted by atomic mass is 10.2. The first-order valence-corrected chi connectivity index (χ1v) is 8.10. The molecule has 0 spiro atoms. The van der Waals surface area contributed by atoms with E-state index in [9.17, 15) is 4.79 Å². The highest BCUT2D eigenvalue weighted by molar-refractivity contribution is 14.1. The second kappa shape index (κ2) is 6.40. The Labute approximate surface area is 150 Å². The van der Waals surface area contributed by atoms with E-state index in [1.165, 1.54) is 6.08 Å². The Morgan fingerprint density at radius 2 is 1.68 bits per heavy atom. The van der Waals surface area contributed by atoms with Crippen LogP contribution in [0.2, 0.25) is 10.0 Å². The van der Waals surface area contributed by atoms with Gasteiger partial charge in [0.25, 0.3) is 0 Å². The summed E-state index contributed by atoms with van der Waals surface area (Å²) >= 11 is 14.4. The molecule has 0 N–H and O–H groups in total. The van der Waals surface area contributed by atoms with E-state index in [1.54, 1.807) is 18.2 Å². The molecule has 6 heteroatoms. The number of rotatable bonds is 2. The number of benzene rings is 2. The molecule has 3 nitrogen and oxygen atoms in total. The van der Waals surface area contributed by atoms with Crippen LogP contribution >= 0.6 is 45.8 Å². The van der Waals surface area contributed by atoms with E-state index >= 15 is 0 Å². The van der Waals surface area contributed by atoms with Crippen LogP contribution in [0.15, 0.2) is 53.2 Å². The number of hydrogen-bond acceptors (Lipinski definition) is 3. The average Bonchev–Trinajstić information content (AvgIpc) is 2.85. The molecule has 0 radical (unpaired) electrons. The average molecular weight is 444 g/mol. The van der Waals surface area contributed by atoms with Crippen LogP contribution in [0.25, 0.3) is 6.08 Å². The first kappa shape index (κ1) is 15.5. The molecule has 0 atom stereocenters. The summed E-state index contributed by atoms with van der Waals surface area (Å²) in [7, 11) is 0. The molecule has 3 rings (SSSR count). The molecular weight excluding hydrogens is 436 g/mol. The SMILES string of the molecule is O=C1OC(c2ccc(I)cc2)=N/C1=C\c1c(Cl)cccc1Cl. The summed E-state index contributed by atoms with van der Waals surface area (Å²) in [4.78, 5) is 16.2. The molecule has 22 heavy (non-hydrogen) atoms. The van der Waals surface area contributed by atoms with Gasteiger partial charge in [-0.15, -0.1) is 0 Å². The van der Waals surface area contributed by atoms with Crippen molar-refractivity contribution in [3.63, 3.8) is 0 Å². The molecule has 0 aromatic heterocycles. The van der Waals surface area contributed by atoms with Crippen molar-refractivity contribution in [3.8, 4) is 0 Å². The van der Waals surface area contributed by atoms with E-state index in [2.05, 4.69) is 27.6 Å².